The fourth-order valence-corrected chi connectivity index (χ4v) is 2.18. The standard InChI is InChI=1S/C12H14N2O5/c1-7-3-2-4-8(14(18)19)11(7)12(17)13-5-9(15)10(16)6-13/h2-4,9-10,15-16H,5-6H2,1H3/t9-,10+. The lowest BCUT2D eigenvalue weighted by atomic mass is 10.1. The maximum Gasteiger partial charge on any atom is 0.282 e. The molecule has 0 aromatic heterocycles. The molecule has 1 heterocycles. The molecule has 0 bridgehead atoms. The van der Waals surface area contributed by atoms with Crippen LogP contribution in [0.3, 0.4) is 0 Å². The summed E-state index contributed by atoms with van der Waals surface area (Å²) in [5.74, 6) is -0.541. The van der Waals surface area contributed by atoms with Crippen molar-refractivity contribution in [2.75, 3.05) is 13.1 Å². The highest BCUT2D eigenvalue weighted by Gasteiger charge is 2.35. The summed E-state index contributed by atoms with van der Waals surface area (Å²) >= 11 is 0. The molecule has 0 saturated carbocycles. The lowest BCUT2D eigenvalue weighted by Crippen LogP contribution is -2.31. The number of aryl methyl sites for hydroxylation is 1. The Morgan fingerprint density at radius 3 is 2.47 bits per heavy atom. The van der Waals surface area contributed by atoms with E-state index < -0.39 is 23.0 Å². The number of carbonyl (C=O) groups excluding carboxylic acids is 1. The van der Waals surface area contributed by atoms with Gasteiger partial charge in [-0.3, -0.25) is 14.9 Å². The van der Waals surface area contributed by atoms with E-state index in [1.54, 1.807) is 13.0 Å². The van der Waals surface area contributed by atoms with Crippen molar-refractivity contribution in [1.82, 2.24) is 4.90 Å². The van der Waals surface area contributed by atoms with Gasteiger partial charge in [0.15, 0.2) is 0 Å². The quantitative estimate of drug-likeness (QED) is 0.582. The Bertz CT molecular complexity index is 521. The second-order valence-electron chi connectivity index (χ2n) is 4.57. The van der Waals surface area contributed by atoms with E-state index in [1.807, 2.05) is 0 Å². The van der Waals surface area contributed by atoms with Crippen molar-refractivity contribution < 1.29 is 19.9 Å². The molecule has 0 spiro atoms. The fraction of sp³-hybridized carbons (Fsp3) is 0.417. The Kier molecular flexibility index (Phi) is 3.50. The van der Waals surface area contributed by atoms with Crippen LogP contribution in [-0.4, -0.2) is 51.2 Å². The third kappa shape index (κ3) is 2.42. The second-order valence-corrected chi connectivity index (χ2v) is 4.57. The second kappa shape index (κ2) is 4.94. The molecular weight excluding hydrogens is 252 g/mol. The van der Waals surface area contributed by atoms with Gasteiger partial charge < -0.3 is 15.1 Å². The van der Waals surface area contributed by atoms with E-state index >= 15 is 0 Å². The normalized spacial score (nSPS) is 22.6. The zero-order valence-electron chi connectivity index (χ0n) is 10.3. The van der Waals surface area contributed by atoms with E-state index in [-0.39, 0.29) is 24.3 Å². The average Bonchev–Trinajstić information content (AvgIpc) is 2.68. The van der Waals surface area contributed by atoms with Crippen LogP contribution in [0, 0.1) is 17.0 Å². The number of hydrogen-bond donors (Lipinski definition) is 2. The summed E-state index contributed by atoms with van der Waals surface area (Å²) in [6.07, 6.45) is -2.01. The van der Waals surface area contributed by atoms with Crippen LogP contribution in [0.15, 0.2) is 18.2 Å². The highest BCUT2D eigenvalue weighted by Crippen LogP contribution is 2.25. The van der Waals surface area contributed by atoms with E-state index in [2.05, 4.69) is 0 Å². The van der Waals surface area contributed by atoms with E-state index in [4.69, 9.17) is 0 Å². The molecule has 7 heteroatoms. The Balaban J connectivity index is 2.37. The number of likely N-dealkylation sites (tertiary alicyclic amines) is 1. The summed E-state index contributed by atoms with van der Waals surface area (Å²) in [5, 5.41) is 29.8. The van der Waals surface area contributed by atoms with E-state index in [0.717, 1.165) is 0 Å². The molecule has 1 aliphatic rings. The summed E-state index contributed by atoms with van der Waals surface area (Å²) in [4.78, 5) is 23.9. The molecule has 2 rings (SSSR count). The van der Waals surface area contributed by atoms with Crippen molar-refractivity contribution in [3.05, 3.63) is 39.4 Å². The van der Waals surface area contributed by atoms with Crippen molar-refractivity contribution in [2.45, 2.75) is 19.1 Å². The minimum absolute atomic E-state index is 0.00815. The molecule has 102 valence electrons. The predicted molar refractivity (Wildman–Crippen MR) is 65.8 cm³/mol. The number of aliphatic hydroxyl groups excluding tert-OH is 2. The molecule has 2 atom stereocenters. The number of nitrogens with zero attached hydrogens (tertiary/aromatic N) is 2. The average molecular weight is 266 g/mol. The van der Waals surface area contributed by atoms with Gasteiger partial charge in [0.25, 0.3) is 11.6 Å². The number of nitro groups is 1. The first-order chi connectivity index (χ1) is 8.91. The Hall–Kier alpha value is -1.99. The minimum atomic E-state index is -1.01. The van der Waals surface area contributed by atoms with Crippen LogP contribution in [0.4, 0.5) is 5.69 Å². The van der Waals surface area contributed by atoms with Crippen molar-refractivity contribution in [1.29, 1.82) is 0 Å². The van der Waals surface area contributed by atoms with Gasteiger partial charge >= 0.3 is 0 Å². The van der Waals surface area contributed by atoms with Crippen LogP contribution in [0.25, 0.3) is 0 Å². The summed E-state index contributed by atoms with van der Waals surface area (Å²) in [6.45, 7) is 1.57. The summed E-state index contributed by atoms with van der Waals surface area (Å²) in [5.41, 5.74) is 0.241. The van der Waals surface area contributed by atoms with E-state index in [9.17, 15) is 25.1 Å². The van der Waals surface area contributed by atoms with Crippen molar-refractivity contribution in [3.8, 4) is 0 Å². The molecule has 0 unspecified atom stereocenters. The molecule has 0 aliphatic carbocycles. The number of amides is 1. The Morgan fingerprint density at radius 1 is 1.37 bits per heavy atom. The molecule has 0 radical (unpaired) electrons. The van der Waals surface area contributed by atoms with Gasteiger partial charge in [-0.15, -0.1) is 0 Å². The van der Waals surface area contributed by atoms with Crippen LogP contribution in [-0.2, 0) is 0 Å². The molecule has 1 aromatic rings. The molecule has 1 aliphatic heterocycles. The van der Waals surface area contributed by atoms with Crippen LogP contribution in [0.5, 0.6) is 0 Å². The number of rotatable bonds is 2. The van der Waals surface area contributed by atoms with E-state index in [0.29, 0.717) is 5.56 Å². The van der Waals surface area contributed by atoms with Crippen molar-refractivity contribution >= 4 is 11.6 Å². The summed E-state index contributed by atoms with van der Waals surface area (Å²) in [7, 11) is 0. The maximum atomic E-state index is 12.3. The largest absolute Gasteiger partial charge is 0.388 e. The first-order valence-corrected chi connectivity index (χ1v) is 5.81. The van der Waals surface area contributed by atoms with Crippen LogP contribution >= 0.6 is 0 Å². The van der Waals surface area contributed by atoms with Crippen LogP contribution in [0.2, 0.25) is 0 Å². The zero-order valence-corrected chi connectivity index (χ0v) is 10.3. The summed E-state index contributed by atoms with van der Waals surface area (Å²) < 4.78 is 0. The smallest absolute Gasteiger partial charge is 0.282 e. The number of aliphatic hydroxyl groups is 2. The highest BCUT2D eigenvalue weighted by molar-refractivity contribution is 5.99. The third-order valence-electron chi connectivity index (χ3n) is 3.21. The third-order valence-corrected chi connectivity index (χ3v) is 3.21. The van der Waals surface area contributed by atoms with Crippen LogP contribution < -0.4 is 0 Å². The van der Waals surface area contributed by atoms with Gasteiger partial charge in [0.05, 0.1) is 17.1 Å². The summed E-state index contributed by atoms with van der Waals surface area (Å²) in [6, 6.07) is 4.39. The fourth-order valence-electron chi connectivity index (χ4n) is 2.18. The van der Waals surface area contributed by atoms with Crippen LogP contribution in [0.1, 0.15) is 15.9 Å². The SMILES string of the molecule is Cc1cccc([N+](=O)[O-])c1C(=O)N1C[C@@H](O)[C@@H](O)C1. The van der Waals surface area contributed by atoms with Gasteiger partial charge in [0, 0.05) is 19.2 Å². The lowest BCUT2D eigenvalue weighted by molar-refractivity contribution is -0.385. The number of nitro benzene ring substituents is 1. The predicted octanol–water partition coefficient (Wildman–Crippen LogP) is 0.0808. The number of benzene rings is 1. The number of hydrogen-bond acceptors (Lipinski definition) is 5. The zero-order chi connectivity index (χ0) is 14.2. The van der Waals surface area contributed by atoms with Crippen molar-refractivity contribution in [3.63, 3.8) is 0 Å². The van der Waals surface area contributed by atoms with Gasteiger partial charge in [-0.1, -0.05) is 12.1 Å². The molecule has 1 fully saturated rings. The van der Waals surface area contributed by atoms with Gasteiger partial charge in [-0.2, -0.15) is 0 Å². The Labute approximate surface area is 109 Å². The number of β-amino-alcohol motifs (C(OH)–C–C–N with tert-alkyl or cyclic N) is 2. The van der Waals surface area contributed by atoms with E-state index in [1.165, 1.54) is 17.0 Å². The van der Waals surface area contributed by atoms with Gasteiger partial charge in [-0.05, 0) is 12.5 Å². The molecule has 2 N–H and O–H groups in total. The Morgan fingerprint density at radius 2 is 1.95 bits per heavy atom. The highest BCUT2D eigenvalue weighted by atomic mass is 16.6. The topological polar surface area (TPSA) is 104 Å². The lowest BCUT2D eigenvalue weighted by Gasteiger charge is -2.16. The number of carbonyl (C=O) groups is 1. The van der Waals surface area contributed by atoms with Crippen molar-refractivity contribution in [2.24, 2.45) is 0 Å². The maximum absolute atomic E-state index is 12.3. The molecule has 1 amide bonds. The first-order valence-electron chi connectivity index (χ1n) is 5.81. The molecule has 1 aromatic carbocycles. The first kappa shape index (κ1) is 13.4. The molecule has 19 heavy (non-hydrogen) atoms. The molecule has 7 nitrogen and oxygen atoms in total. The van der Waals surface area contributed by atoms with Gasteiger partial charge in [0.2, 0.25) is 0 Å². The monoisotopic (exact) mass is 266 g/mol. The molecular formula is C12H14N2O5. The van der Waals surface area contributed by atoms with Gasteiger partial charge in [-0.25, -0.2) is 0 Å². The minimum Gasteiger partial charge on any atom is -0.388 e. The van der Waals surface area contributed by atoms with Gasteiger partial charge in [0.1, 0.15) is 5.56 Å². The molecule has 1 saturated heterocycles.